The number of rotatable bonds is 7. The van der Waals surface area contributed by atoms with Gasteiger partial charge in [0.2, 0.25) is 11.8 Å². The third-order valence-corrected chi connectivity index (χ3v) is 4.70. The van der Waals surface area contributed by atoms with Crippen LogP contribution in [0.15, 0.2) is 12.1 Å². The lowest BCUT2D eigenvalue weighted by Crippen LogP contribution is -2.51. The normalized spacial score (nSPS) is 13.8. The molecule has 0 fully saturated rings. The van der Waals surface area contributed by atoms with E-state index in [0.29, 0.717) is 44.2 Å². The van der Waals surface area contributed by atoms with Crippen LogP contribution in [0.3, 0.4) is 0 Å². The Balaban J connectivity index is 2.13. The number of carbonyl (C=O) groups is 2. The molecule has 1 heterocycles. The number of benzene rings is 1. The van der Waals surface area contributed by atoms with Crippen LogP contribution in [0, 0.1) is 5.41 Å². The van der Waals surface area contributed by atoms with Crippen molar-refractivity contribution >= 4 is 11.8 Å². The monoisotopic (exact) mass is 364 g/mol. The van der Waals surface area contributed by atoms with E-state index in [0.717, 1.165) is 11.1 Å². The van der Waals surface area contributed by atoms with Crippen LogP contribution in [0.2, 0.25) is 0 Å². The van der Waals surface area contributed by atoms with Crippen LogP contribution in [0.1, 0.15) is 25.0 Å². The molecule has 1 aliphatic heterocycles. The molecule has 144 valence electrons. The summed E-state index contributed by atoms with van der Waals surface area (Å²) in [6.07, 6.45) is 0.711. The molecule has 0 radical (unpaired) electrons. The standard InChI is InChI=1S/C19H28N2O5/c1-19(2,17(22)20-7-9-24-3)18(23)21-8-6-13-10-15(25-4)16(26-5)11-14(13)12-21/h10-11H,6-9,12H2,1-5H3,(H,20,22). The molecule has 7 nitrogen and oxygen atoms in total. The SMILES string of the molecule is COCCNC(=O)C(C)(C)C(=O)N1CCc2cc(OC)c(OC)cc2C1. The second-order valence-corrected chi connectivity index (χ2v) is 6.83. The molecule has 26 heavy (non-hydrogen) atoms. The maximum Gasteiger partial charge on any atom is 0.238 e. The first kappa shape index (κ1) is 20.0. The van der Waals surface area contributed by atoms with Gasteiger partial charge in [-0.25, -0.2) is 0 Å². The first-order chi connectivity index (χ1) is 12.3. The summed E-state index contributed by atoms with van der Waals surface area (Å²) in [6, 6.07) is 3.86. The molecular weight excluding hydrogens is 336 g/mol. The van der Waals surface area contributed by atoms with Crippen LogP contribution in [0.25, 0.3) is 0 Å². The highest BCUT2D eigenvalue weighted by molar-refractivity contribution is 6.04. The van der Waals surface area contributed by atoms with Crippen molar-refractivity contribution in [3.63, 3.8) is 0 Å². The van der Waals surface area contributed by atoms with Gasteiger partial charge in [0, 0.05) is 26.7 Å². The number of amides is 2. The zero-order valence-electron chi connectivity index (χ0n) is 16.2. The van der Waals surface area contributed by atoms with Crippen LogP contribution in [0.4, 0.5) is 0 Å². The largest absolute Gasteiger partial charge is 0.493 e. The Bertz CT molecular complexity index is 672. The Morgan fingerprint density at radius 1 is 1.12 bits per heavy atom. The number of carbonyl (C=O) groups excluding carboxylic acids is 2. The fourth-order valence-corrected chi connectivity index (χ4v) is 3.04. The van der Waals surface area contributed by atoms with Gasteiger partial charge < -0.3 is 24.4 Å². The van der Waals surface area contributed by atoms with Gasteiger partial charge in [-0.2, -0.15) is 0 Å². The number of hydrogen-bond acceptors (Lipinski definition) is 5. The van der Waals surface area contributed by atoms with E-state index in [1.54, 1.807) is 40.1 Å². The molecule has 0 unspecified atom stereocenters. The quantitative estimate of drug-likeness (QED) is 0.584. The summed E-state index contributed by atoms with van der Waals surface area (Å²) in [5, 5.41) is 2.75. The molecule has 1 N–H and O–H groups in total. The van der Waals surface area contributed by atoms with Gasteiger partial charge in [-0.15, -0.1) is 0 Å². The van der Waals surface area contributed by atoms with E-state index in [4.69, 9.17) is 14.2 Å². The summed E-state index contributed by atoms with van der Waals surface area (Å²) in [5.41, 5.74) is 1.01. The molecule has 0 bridgehead atoms. The maximum atomic E-state index is 13.0. The van der Waals surface area contributed by atoms with Crippen molar-refractivity contribution in [2.75, 3.05) is 41.0 Å². The predicted molar refractivity (Wildman–Crippen MR) is 97.3 cm³/mol. The van der Waals surface area contributed by atoms with E-state index >= 15 is 0 Å². The van der Waals surface area contributed by atoms with Gasteiger partial charge in [0.25, 0.3) is 0 Å². The topological polar surface area (TPSA) is 77.1 Å². The fourth-order valence-electron chi connectivity index (χ4n) is 3.04. The van der Waals surface area contributed by atoms with E-state index in [1.807, 2.05) is 12.1 Å². The van der Waals surface area contributed by atoms with Crippen LogP contribution in [-0.2, 0) is 27.3 Å². The van der Waals surface area contributed by atoms with E-state index in [1.165, 1.54) is 0 Å². The molecule has 2 amide bonds. The van der Waals surface area contributed by atoms with Crippen molar-refractivity contribution in [2.45, 2.75) is 26.8 Å². The second-order valence-electron chi connectivity index (χ2n) is 6.83. The van der Waals surface area contributed by atoms with E-state index in [2.05, 4.69) is 5.32 Å². The van der Waals surface area contributed by atoms with Gasteiger partial charge in [-0.05, 0) is 43.5 Å². The lowest BCUT2D eigenvalue weighted by Gasteiger charge is -2.34. The Labute approximate surface area is 154 Å². The Kier molecular flexibility index (Phi) is 6.47. The molecular formula is C19H28N2O5. The molecule has 0 aliphatic carbocycles. The summed E-state index contributed by atoms with van der Waals surface area (Å²) in [6.45, 7) is 5.11. The molecule has 0 saturated heterocycles. The van der Waals surface area contributed by atoms with E-state index in [9.17, 15) is 9.59 Å². The molecule has 0 saturated carbocycles. The van der Waals surface area contributed by atoms with Crippen LogP contribution in [0.5, 0.6) is 11.5 Å². The third kappa shape index (κ3) is 4.09. The van der Waals surface area contributed by atoms with Crippen molar-refractivity contribution in [3.8, 4) is 11.5 Å². The summed E-state index contributed by atoms with van der Waals surface area (Å²) in [7, 11) is 4.76. The highest BCUT2D eigenvalue weighted by Gasteiger charge is 2.40. The third-order valence-electron chi connectivity index (χ3n) is 4.70. The molecule has 0 spiro atoms. The van der Waals surface area contributed by atoms with Crippen molar-refractivity contribution < 1.29 is 23.8 Å². The van der Waals surface area contributed by atoms with Crippen molar-refractivity contribution in [2.24, 2.45) is 5.41 Å². The zero-order valence-corrected chi connectivity index (χ0v) is 16.2. The minimum atomic E-state index is -1.14. The Morgan fingerprint density at radius 2 is 1.73 bits per heavy atom. The van der Waals surface area contributed by atoms with Gasteiger partial charge in [-0.1, -0.05) is 0 Å². The van der Waals surface area contributed by atoms with Crippen LogP contribution in [-0.4, -0.2) is 57.7 Å². The lowest BCUT2D eigenvalue weighted by molar-refractivity contribution is -0.149. The van der Waals surface area contributed by atoms with Crippen molar-refractivity contribution in [1.82, 2.24) is 10.2 Å². The van der Waals surface area contributed by atoms with Gasteiger partial charge in [0.1, 0.15) is 5.41 Å². The summed E-state index contributed by atoms with van der Waals surface area (Å²) in [5.74, 6) is 0.839. The molecule has 7 heteroatoms. The first-order valence-corrected chi connectivity index (χ1v) is 8.65. The second kappa shape index (κ2) is 8.40. The van der Waals surface area contributed by atoms with Gasteiger partial charge >= 0.3 is 0 Å². The molecule has 0 atom stereocenters. The number of fused-ring (bicyclic) bond motifs is 1. The van der Waals surface area contributed by atoms with Crippen molar-refractivity contribution in [3.05, 3.63) is 23.3 Å². The minimum Gasteiger partial charge on any atom is -0.493 e. The van der Waals surface area contributed by atoms with E-state index in [-0.39, 0.29) is 11.8 Å². The number of nitrogens with one attached hydrogen (secondary N) is 1. The Morgan fingerprint density at radius 3 is 2.31 bits per heavy atom. The molecule has 0 aromatic heterocycles. The molecule has 1 aromatic rings. The zero-order chi connectivity index (χ0) is 19.3. The number of hydrogen-bond donors (Lipinski definition) is 1. The smallest absolute Gasteiger partial charge is 0.238 e. The van der Waals surface area contributed by atoms with Crippen LogP contribution >= 0.6 is 0 Å². The van der Waals surface area contributed by atoms with Gasteiger partial charge in [0.15, 0.2) is 11.5 Å². The van der Waals surface area contributed by atoms with Gasteiger partial charge in [-0.3, -0.25) is 9.59 Å². The number of methoxy groups -OCH3 is 3. The van der Waals surface area contributed by atoms with Crippen LogP contribution < -0.4 is 14.8 Å². The number of nitrogens with zero attached hydrogens (tertiary/aromatic N) is 1. The highest BCUT2D eigenvalue weighted by Crippen LogP contribution is 2.34. The first-order valence-electron chi connectivity index (χ1n) is 8.65. The van der Waals surface area contributed by atoms with Crippen molar-refractivity contribution in [1.29, 1.82) is 0 Å². The summed E-state index contributed by atoms with van der Waals surface area (Å²) >= 11 is 0. The minimum absolute atomic E-state index is 0.187. The fraction of sp³-hybridized carbons (Fsp3) is 0.579. The average Bonchev–Trinajstić information content (AvgIpc) is 2.65. The lowest BCUT2D eigenvalue weighted by atomic mass is 9.88. The molecule has 1 aromatic carbocycles. The predicted octanol–water partition coefficient (Wildman–Crippen LogP) is 1.38. The number of ether oxygens (including phenoxy) is 3. The highest BCUT2D eigenvalue weighted by atomic mass is 16.5. The molecule has 2 rings (SSSR count). The summed E-state index contributed by atoms with van der Waals surface area (Å²) < 4.78 is 15.6. The van der Waals surface area contributed by atoms with Gasteiger partial charge in [0.05, 0.1) is 20.8 Å². The molecule has 1 aliphatic rings. The summed E-state index contributed by atoms with van der Waals surface area (Å²) in [4.78, 5) is 27.1. The maximum absolute atomic E-state index is 13.0. The van der Waals surface area contributed by atoms with E-state index < -0.39 is 5.41 Å². The average molecular weight is 364 g/mol. The Hall–Kier alpha value is -2.28.